The Morgan fingerprint density at radius 2 is 1.50 bits per heavy atom. The van der Waals surface area contributed by atoms with Gasteiger partial charge in [-0.1, -0.05) is 91.0 Å². The molecule has 4 atom stereocenters. The van der Waals surface area contributed by atoms with E-state index in [1.165, 1.54) is 10.9 Å². The lowest BCUT2D eigenvalue weighted by Gasteiger charge is -2.20. The number of hydrogen-bond donors (Lipinski definition) is 5. The van der Waals surface area contributed by atoms with Gasteiger partial charge in [0.05, 0.1) is 6.33 Å². The van der Waals surface area contributed by atoms with Gasteiger partial charge in [-0.15, -0.1) is 0 Å². The van der Waals surface area contributed by atoms with Gasteiger partial charge in [0.25, 0.3) is 11.8 Å². The fourth-order valence-electron chi connectivity index (χ4n) is 5.56. The highest BCUT2D eigenvalue weighted by Gasteiger charge is 2.47. The molecule has 0 bridgehead atoms. The summed E-state index contributed by atoms with van der Waals surface area (Å²) in [6.45, 7) is 2.75. The van der Waals surface area contributed by atoms with E-state index < -0.39 is 36.4 Å². The minimum Gasteiger partial charge on any atom is -0.387 e. The highest BCUT2D eigenvalue weighted by atomic mass is 16.6. The lowest BCUT2D eigenvalue weighted by Crippen LogP contribution is -2.42. The molecule has 12 heteroatoms. The zero-order valence-electron chi connectivity index (χ0n) is 25.2. The number of aromatic nitrogens is 4. The van der Waals surface area contributed by atoms with Gasteiger partial charge in [-0.05, 0) is 23.6 Å². The predicted octanol–water partition coefficient (Wildman–Crippen LogP) is 2.76. The van der Waals surface area contributed by atoms with Crippen LogP contribution in [0.3, 0.4) is 0 Å². The van der Waals surface area contributed by atoms with Crippen molar-refractivity contribution >= 4 is 28.8 Å². The molecule has 46 heavy (non-hydrogen) atoms. The van der Waals surface area contributed by atoms with Crippen LogP contribution in [0.4, 0.5) is 5.82 Å². The highest BCUT2D eigenvalue weighted by molar-refractivity contribution is 5.94. The van der Waals surface area contributed by atoms with Gasteiger partial charge < -0.3 is 30.9 Å². The van der Waals surface area contributed by atoms with Gasteiger partial charge in [0.15, 0.2) is 29.3 Å². The molecule has 12 nitrogen and oxygen atoms in total. The molecule has 6 rings (SSSR count). The number of imidazole rings is 1. The monoisotopic (exact) mass is 621 g/mol. The van der Waals surface area contributed by atoms with Crippen molar-refractivity contribution in [1.82, 2.24) is 30.2 Å². The summed E-state index contributed by atoms with van der Waals surface area (Å²) >= 11 is 0. The number of fused-ring (bicyclic) bond motifs is 1. The Morgan fingerprint density at radius 3 is 2.13 bits per heavy atom. The summed E-state index contributed by atoms with van der Waals surface area (Å²) in [6, 6.07) is 29.6. The number of benzene rings is 3. The van der Waals surface area contributed by atoms with Gasteiger partial charge in [-0.3, -0.25) is 14.2 Å². The highest BCUT2D eigenvalue weighted by Crippen LogP contribution is 2.33. The smallest absolute Gasteiger partial charge is 0.289 e. The lowest BCUT2D eigenvalue weighted by atomic mass is 9.91. The van der Waals surface area contributed by atoms with E-state index in [2.05, 4.69) is 55.2 Å². The molecule has 5 aromatic rings. The molecule has 2 amide bonds. The Morgan fingerprint density at radius 1 is 0.870 bits per heavy atom. The molecular weight excluding hydrogens is 586 g/mol. The fraction of sp³-hybridized carbons (Fsp3) is 0.265. The summed E-state index contributed by atoms with van der Waals surface area (Å²) in [5.41, 5.74) is 3.59. The first kappa shape index (κ1) is 30.8. The van der Waals surface area contributed by atoms with E-state index in [0.29, 0.717) is 24.4 Å². The van der Waals surface area contributed by atoms with Crippen LogP contribution in [0.5, 0.6) is 0 Å². The largest absolute Gasteiger partial charge is 0.387 e. The Hall–Kier alpha value is -5.17. The van der Waals surface area contributed by atoms with Crippen LogP contribution in [-0.4, -0.2) is 72.9 Å². The predicted molar refractivity (Wildman–Crippen MR) is 171 cm³/mol. The quantitative estimate of drug-likeness (QED) is 0.149. The molecule has 0 radical (unpaired) electrons. The van der Waals surface area contributed by atoms with Crippen LogP contribution in [0.15, 0.2) is 97.3 Å². The first-order valence-electron chi connectivity index (χ1n) is 15.1. The van der Waals surface area contributed by atoms with Crippen molar-refractivity contribution in [2.75, 3.05) is 18.4 Å². The van der Waals surface area contributed by atoms with Crippen LogP contribution >= 0.6 is 0 Å². The van der Waals surface area contributed by atoms with Crippen LogP contribution in [-0.2, 0) is 16.1 Å². The first-order valence-corrected chi connectivity index (χ1v) is 15.1. The molecule has 5 N–H and O–H groups in total. The number of amides is 2. The van der Waals surface area contributed by atoms with Crippen LogP contribution in [0, 0.1) is 0 Å². The first-order chi connectivity index (χ1) is 22.4. The number of anilines is 1. The number of nitrogens with one attached hydrogen (secondary N) is 3. The topological polar surface area (TPSA) is 164 Å². The maximum Gasteiger partial charge on any atom is 0.289 e. The van der Waals surface area contributed by atoms with Crippen molar-refractivity contribution in [3.05, 3.63) is 120 Å². The van der Waals surface area contributed by atoms with E-state index in [1.54, 1.807) is 6.92 Å². The van der Waals surface area contributed by atoms with E-state index in [4.69, 9.17) is 4.74 Å². The van der Waals surface area contributed by atoms with E-state index in [9.17, 15) is 19.8 Å². The van der Waals surface area contributed by atoms with Crippen molar-refractivity contribution in [1.29, 1.82) is 0 Å². The zero-order chi connectivity index (χ0) is 32.0. The summed E-state index contributed by atoms with van der Waals surface area (Å²) in [5, 5.41) is 30.4. The van der Waals surface area contributed by atoms with Gasteiger partial charge in [-0.2, -0.15) is 0 Å². The summed E-state index contributed by atoms with van der Waals surface area (Å²) in [7, 11) is 0. The molecule has 236 valence electrons. The summed E-state index contributed by atoms with van der Waals surface area (Å²) < 4.78 is 7.25. The number of hydrogen-bond acceptors (Lipinski definition) is 9. The van der Waals surface area contributed by atoms with Gasteiger partial charge in [0, 0.05) is 25.6 Å². The molecule has 1 aliphatic rings. The summed E-state index contributed by atoms with van der Waals surface area (Å²) in [6.07, 6.45) is -4.06. The third-order valence-electron chi connectivity index (χ3n) is 7.92. The minimum atomic E-state index is -1.49. The molecular formula is C34H35N7O5. The minimum absolute atomic E-state index is 0.0576. The molecule has 0 spiro atoms. The van der Waals surface area contributed by atoms with Gasteiger partial charge in [-0.25, -0.2) is 15.0 Å². The van der Waals surface area contributed by atoms with Crippen molar-refractivity contribution in [2.45, 2.75) is 43.9 Å². The van der Waals surface area contributed by atoms with E-state index in [1.807, 2.05) is 66.7 Å². The van der Waals surface area contributed by atoms with Crippen molar-refractivity contribution in [3.63, 3.8) is 0 Å². The normalized spacial score (nSPS) is 19.3. The number of carbonyl (C=O) groups is 2. The number of rotatable bonds is 11. The van der Waals surface area contributed by atoms with Crippen LogP contribution in [0.1, 0.15) is 46.4 Å². The average molecular weight is 622 g/mol. The Bertz CT molecular complexity index is 1750. The maximum absolute atomic E-state index is 13.4. The second kappa shape index (κ2) is 13.9. The fourth-order valence-corrected chi connectivity index (χ4v) is 5.56. The number of likely N-dealkylation sites (N-methyl/N-ethyl adjacent to an activating group) is 1. The van der Waals surface area contributed by atoms with Gasteiger partial charge >= 0.3 is 0 Å². The zero-order valence-corrected chi connectivity index (χ0v) is 25.2. The second-order valence-corrected chi connectivity index (χ2v) is 11.0. The van der Waals surface area contributed by atoms with Crippen molar-refractivity contribution in [2.24, 2.45) is 0 Å². The molecule has 0 aliphatic carbocycles. The number of ether oxygens (including phenoxy) is 1. The SMILES string of the molecule is CCNC(=O)[C@H]1O[C@@H](n2cnc3c(NCC(c4ccccc4)c4ccccc4)nc(C(=O)NCc4ccccc4)nc32)[C@@H](O)[C@@H]1O. The van der Waals surface area contributed by atoms with E-state index in [-0.39, 0.29) is 23.9 Å². The van der Waals surface area contributed by atoms with Crippen LogP contribution in [0.25, 0.3) is 11.2 Å². The van der Waals surface area contributed by atoms with Crippen LogP contribution in [0.2, 0.25) is 0 Å². The second-order valence-electron chi connectivity index (χ2n) is 11.0. The number of aliphatic hydroxyl groups is 2. The lowest BCUT2D eigenvalue weighted by molar-refractivity contribution is -0.137. The van der Waals surface area contributed by atoms with Gasteiger partial charge in [0.1, 0.15) is 12.2 Å². The maximum atomic E-state index is 13.4. The Labute approximate surface area is 265 Å². The number of nitrogens with zero attached hydrogens (tertiary/aromatic N) is 4. The standard InChI is InChI=1S/C34H35N7O5/c1-2-35-32(44)28-26(42)27(43)34(46-28)41-20-38-25-29(36-19-24(22-14-8-4-9-15-22)23-16-10-5-11-17-23)39-30(40-31(25)41)33(45)37-18-21-12-6-3-7-13-21/h3-17,20,24,26-28,34,42-43H,2,18-19H2,1H3,(H,35,44)(H,37,45)(H,36,39,40)/t26-,27-,28-,34+/m0/s1. The Kier molecular flexibility index (Phi) is 9.29. The number of aliphatic hydroxyl groups excluding tert-OH is 2. The summed E-state index contributed by atoms with van der Waals surface area (Å²) in [4.78, 5) is 39.6. The van der Waals surface area contributed by atoms with E-state index >= 15 is 0 Å². The molecule has 3 heterocycles. The van der Waals surface area contributed by atoms with Crippen molar-refractivity contribution < 1.29 is 24.5 Å². The molecule has 2 aromatic heterocycles. The van der Waals surface area contributed by atoms with E-state index in [0.717, 1.165) is 16.7 Å². The molecule has 1 aliphatic heterocycles. The molecule has 1 fully saturated rings. The molecule has 1 saturated heterocycles. The molecule has 0 saturated carbocycles. The van der Waals surface area contributed by atoms with Crippen LogP contribution < -0.4 is 16.0 Å². The molecule has 0 unspecified atom stereocenters. The summed E-state index contributed by atoms with van der Waals surface area (Å²) in [5.74, 6) is -0.947. The number of carbonyl (C=O) groups excluding carboxylic acids is 2. The van der Waals surface area contributed by atoms with Gasteiger partial charge in [0.2, 0.25) is 5.82 Å². The Balaban J connectivity index is 1.36. The average Bonchev–Trinajstić information content (AvgIpc) is 3.65. The third-order valence-corrected chi connectivity index (χ3v) is 7.92. The molecule has 3 aromatic carbocycles. The van der Waals surface area contributed by atoms with Crippen molar-refractivity contribution in [3.8, 4) is 0 Å². The third kappa shape index (κ3) is 6.45.